The molecule has 20 heavy (non-hydrogen) atoms. The van der Waals surface area contributed by atoms with Crippen molar-refractivity contribution in [1.29, 1.82) is 0 Å². The van der Waals surface area contributed by atoms with Crippen LogP contribution < -0.4 is 5.32 Å². The van der Waals surface area contributed by atoms with E-state index in [0.717, 1.165) is 25.9 Å². The number of nitrogens with zero attached hydrogens (tertiary/aromatic N) is 1. The number of carbonyl (C=O) groups excluding carboxylic acids is 1. The summed E-state index contributed by atoms with van der Waals surface area (Å²) in [5.41, 5.74) is -0.544. The quantitative estimate of drug-likeness (QED) is 0.626. The predicted molar refractivity (Wildman–Crippen MR) is 82.8 cm³/mol. The van der Waals surface area contributed by atoms with E-state index in [9.17, 15) is 4.79 Å². The van der Waals surface area contributed by atoms with Crippen molar-refractivity contribution in [3.8, 4) is 0 Å². The van der Waals surface area contributed by atoms with Crippen LogP contribution in [0.2, 0.25) is 0 Å². The first-order valence-electron chi connectivity index (χ1n) is 8.12. The van der Waals surface area contributed by atoms with Crippen LogP contribution in [0.15, 0.2) is 0 Å². The van der Waals surface area contributed by atoms with Gasteiger partial charge in [-0.05, 0) is 59.9 Å². The maximum atomic E-state index is 12.3. The van der Waals surface area contributed by atoms with Gasteiger partial charge in [0.1, 0.15) is 5.54 Å². The third kappa shape index (κ3) is 5.41. The molecule has 1 N–H and O–H groups in total. The van der Waals surface area contributed by atoms with Crippen molar-refractivity contribution in [3.63, 3.8) is 0 Å². The summed E-state index contributed by atoms with van der Waals surface area (Å²) in [6.07, 6.45) is 4.31. The molecule has 118 valence electrons. The Bertz CT molecular complexity index is 303. The van der Waals surface area contributed by atoms with Crippen molar-refractivity contribution in [2.45, 2.75) is 77.9 Å². The van der Waals surface area contributed by atoms with Crippen LogP contribution in [0.3, 0.4) is 0 Å². The van der Waals surface area contributed by atoms with Crippen LogP contribution in [0.4, 0.5) is 0 Å². The molecule has 1 atom stereocenters. The maximum absolute atomic E-state index is 12.3. The molecule has 1 unspecified atom stereocenters. The minimum Gasteiger partial charge on any atom is -0.465 e. The zero-order chi connectivity index (χ0) is 15.2. The third-order valence-corrected chi connectivity index (χ3v) is 3.97. The van der Waals surface area contributed by atoms with Gasteiger partial charge in [0.25, 0.3) is 0 Å². The van der Waals surface area contributed by atoms with Crippen molar-refractivity contribution in [1.82, 2.24) is 10.2 Å². The fourth-order valence-electron chi connectivity index (χ4n) is 2.48. The highest BCUT2D eigenvalue weighted by molar-refractivity contribution is 5.80. The van der Waals surface area contributed by atoms with E-state index in [-0.39, 0.29) is 5.97 Å². The van der Waals surface area contributed by atoms with E-state index in [1.807, 2.05) is 13.8 Å². The third-order valence-electron chi connectivity index (χ3n) is 3.97. The van der Waals surface area contributed by atoms with Crippen molar-refractivity contribution in [2.24, 2.45) is 0 Å². The fraction of sp³-hybridized carbons (Fsp3) is 0.938. The van der Waals surface area contributed by atoms with Gasteiger partial charge in [-0.3, -0.25) is 10.1 Å². The van der Waals surface area contributed by atoms with Crippen molar-refractivity contribution >= 4 is 5.97 Å². The average molecular weight is 284 g/mol. The summed E-state index contributed by atoms with van der Waals surface area (Å²) in [5, 5.41) is 3.49. The molecule has 0 heterocycles. The summed E-state index contributed by atoms with van der Waals surface area (Å²) in [6, 6.07) is 1.02. The maximum Gasteiger partial charge on any atom is 0.326 e. The monoisotopic (exact) mass is 284 g/mol. The Hall–Kier alpha value is -0.610. The van der Waals surface area contributed by atoms with Crippen LogP contribution in [0, 0.1) is 0 Å². The van der Waals surface area contributed by atoms with Gasteiger partial charge in [-0.15, -0.1) is 0 Å². The Morgan fingerprint density at radius 2 is 2.00 bits per heavy atom. The summed E-state index contributed by atoms with van der Waals surface area (Å²) in [4.78, 5) is 14.7. The first-order valence-corrected chi connectivity index (χ1v) is 8.12. The van der Waals surface area contributed by atoms with Crippen LogP contribution in [0.5, 0.6) is 0 Å². The van der Waals surface area contributed by atoms with Gasteiger partial charge in [-0.1, -0.05) is 6.92 Å². The molecule has 1 fully saturated rings. The van der Waals surface area contributed by atoms with Gasteiger partial charge in [-0.25, -0.2) is 0 Å². The Kier molecular flexibility index (Phi) is 6.96. The number of nitrogens with one attached hydrogen (secondary N) is 1. The second kappa shape index (κ2) is 7.99. The molecule has 1 aliphatic rings. The van der Waals surface area contributed by atoms with Crippen LogP contribution in [0.1, 0.15) is 60.3 Å². The highest BCUT2D eigenvalue weighted by Gasteiger charge is 2.39. The van der Waals surface area contributed by atoms with Gasteiger partial charge in [0.2, 0.25) is 0 Å². The second-order valence-corrected chi connectivity index (χ2v) is 6.35. The molecule has 1 rings (SSSR count). The Balaban J connectivity index is 2.60. The summed E-state index contributed by atoms with van der Waals surface area (Å²) < 4.78 is 5.27. The lowest BCUT2D eigenvalue weighted by Crippen LogP contribution is -2.53. The number of ether oxygens (including phenoxy) is 1. The molecule has 0 radical (unpaired) electrons. The zero-order valence-corrected chi connectivity index (χ0v) is 13.9. The Labute approximate surface area is 124 Å². The Morgan fingerprint density at radius 3 is 2.45 bits per heavy atom. The molecule has 0 spiro atoms. The summed E-state index contributed by atoms with van der Waals surface area (Å²) in [7, 11) is 0. The normalized spacial score (nSPS) is 18.4. The lowest BCUT2D eigenvalue weighted by Gasteiger charge is -2.33. The van der Waals surface area contributed by atoms with Crippen molar-refractivity contribution < 1.29 is 9.53 Å². The molecule has 0 saturated heterocycles. The highest BCUT2D eigenvalue weighted by Crippen LogP contribution is 2.25. The molecular formula is C16H32N2O2. The van der Waals surface area contributed by atoms with E-state index in [2.05, 4.69) is 31.0 Å². The molecular weight excluding hydrogens is 252 g/mol. The SMILES string of the molecule is CCCN(CCC(C)(NC1CC1)C(=O)OCC)C(C)C. The molecule has 0 bridgehead atoms. The number of hydrogen-bond acceptors (Lipinski definition) is 4. The van der Waals surface area contributed by atoms with Gasteiger partial charge in [0, 0.05) is 18.6 Å². The lowest BCUT2D eigenvalue weighted by molar-refractivity contribution is -0.151. The van der Waals surface area contributed by atoms with Crippen molar-refractivity contribution in [3.05, 3.63) is 0 Å². The molecule has 4 heteroatoms. The van der Waals surface area contributed by atoms with Gasteiger partial charge >= 0.3 is 5.97 Å². The topological polar surface area (TPSA) is 41.6 Å². The van der Waals surface area contributed by atoms with Gasteiger partial charge in [0.15, 0.2) is 0 Å². The molecule has 0 aromatic rings. The predicted octanol–water partition coefficient (Wildman–Crippen LogP) is 2.57. The second-order valence-electron chi connectivity index (χ2n) is 6.35. The average Bonchev–Trinajstić information content (AvgIpc) is 3.18. The van der Waals surface area contributed by atoms with Gasteiger partial charge < -0.3 is 9.64 Å². The molecule has 0 aliphatic heterocycles. The molecule has 0 amide bonds. The molecule has 4 nitrogen and oxygen atoms in total. The van der Waals surface area contributed by atoms with E-state index >= 15 is 0 Å². The van der Waals surface area contributed by atoms with Crippen LogP contribution in [-0.4, -0.2) is 48.2 Å². The first kappa shape index (κ1) is 17.4. The van der Waals surface area contributed by atoms with E-state index in [1.54, 1.807) is 0 Å². The summed E-state index contributed by atoms with van der Waals surface area (Å²) >= 11 is 0. The van der Waals surface area contributed by atoms with Gasteiger partial charge in [-0.2, -0.15) is 0 Å². The van der Waals surface area contributed by atoms with Crippen molar-refractivity contribution in [2.75, 3.05) is 19.7 Å². The van der Waals surface area contributed by atoms with E-state index in [0.29, 0.717) is 18.7 Å². The Morgan fingerprint density at radius 1 is 1.35 bits per heavy atom. The first-order chi connectivity index (χ1) is 9.42. The van der Waals surface area contributed by atoms with Crippen LogP contribution >= 0.6 is 0 Å². The van der Waals surface area contributed by atoms with Gasteiger partial charge in [0.05, 0.1) is 6.61 Å². The lowest BCUT2D eigenvalue weighted by atomic mass is 9.96. The largest absolute Gasteiger partial charge is 0.465 e. The minimum atomic E-state index is -0.544. The number of esters is 1. The molecule has 0 aromatic heterocycles. The fourth-order valence-corrected chi connectivity index (χ4v) is 2.48. The standard InChI is InChI=1S/C16H32N2O2/c1-6-11-18(13(3)4)12-10-16(5,15(19)20-7-2)17-14-8-9-14/h13-14,17H,6-12H2,1-5H3. The van der Waals surface area contributed by atoms with E-state index < -0.39 is 5.54 Å². The zero-order valence-electron chi connectivity index (χ0n) is 13.9. The molecule has 0 aromatic carbocycles. The smallest absolute Gasteiger partial charge is 0.326 e. The summed E-state index contributed by atoms with van der Waals surface area (Å²) in [5.74, 6) is -0.105. The molecule has 1 saturated carbocycles. The number of rotatable bonds is 10. The molecule has 1 aliphatic carbocycles. The van der Waals surface area contributed by atoms with Crippen LogP contribution in [-0.2, 0) is 9.53 Å². The van der Waals surface area contributed by atoms with E-state index in [4.69, 9.17) is 4.74 Å². The minimum absolute atomic E-state index is 0.105. The highest BCUT2D eigenvalue weighted by atomic mass is 16.5. The number of carbonyl (C=O) groups is 1. The van der Waals surface area contributed by atoms with Crippen LogP contribution in [0.25, 0.3) is 0 Å². The van der Waals surface area contributed by atoms with E-state index in [1.165, 1.54) is 12.8 Å². The number of hydrogen-bond donors (Lipinski definition) is 1. The summed E-state index contributed by atoms with van der Waals surface area (Å²) in [6.45, 7) is 12.9.